The van der Waals surface area contributed by atoms with Gasteiger partial charge in [-0.05, 0) is 26.3 Å². The van der Waals surface area contributed by atoms with Gasteiger partial charge in [0.2, 0.25) is 0 Å². The van der Waals surface area contributed by atoms with E-state index in [9.17, 15) is 0 Å². The maximum Gasteiger partial charge on any atom is 0.0274 e. The molecule has 1 heterocycles. The summed E-state index contributed by atoms with van der Waals surface area (Å²) in [4.78, 5) is 0. The first-order valence-corrected chi connectivity index (χ1v) is 5.19. The van der Waals surface area contributed by atoms with Crippen LogP contribution in [-0.2, 0) is 0 Å². The zero-order chi connectivity index (χ0) is 9.98. The molecule has 0 aromatic carbocycles. The molecule has 1 fully saturated rings. The zero-order valence-corrected chi connectivity index (χ0v) is 9.41. The summed E-state index contributed by atoms with van der Waals surface area (Å²) in [5.41, 5.74) is 1.28. The van der Waals surface area contributed by atoms with E-state index in [1.54, 1.807) is 0 Å². The van der Waals surface area contributed by atoms with Gasteiger partial charge in [-0.1, -0.05) is 39.8 Å². The van der Waals surface area contributed by atoms with Gasteiger partial charge in [0.15, 0.2) is 0 Å². The predicted molar refractivity (Wildman–Crippen MR) is 58.5 cm³/mol. The van der Waals surface area contributed by atoms with Crippen LogP contribution < -0.4 is 5.32 Å². The highest BCUT2D eigenvalue weighted by molar-refractivity contribution is 5.03. The molecule has 0 saturated carbocycles. The molecule has 12 heavy (non-hydrogen) atoms. The Morgan fingerprint density at radius 1 is 1.25 bits per heavy atom. The van der Waals surface area contributed by atoms with Crippen LogP contribution >= 0.6 is 0 Å². The highest BCUT2D eigenvalue weighted by Gasteiger charge is 2.12. The highest BCUT2D eigenvalue weighted by Crippen LogP contribution is 2.10. The maximum atomic E-state index is 3.87. The van der Waals surface area contributed by atoms with Gasteiger partial charge in [-0.15, -0.1) is 0 Å². The third kappa shape index (κ3) is 6.41. The van der Waals surface area contributed by atoms with Gasteiger partial charge in [-0.3, -0.25) is 0 Å². The minimum atomic E-state index is 0.620. The Bertz CT molecular complexity index is 91.2. The Morgan fingerprint density at radius 3 is 1.92 bits per heavy atom. The van der Waals surface area contributed by atoms with Crippen molar-refractivity contribution in [3.8, 4) is 0 Å². The van der Waals surface area contributed by atoms with Crippen molar-refractivity contribution in [3.05, 3.63) is 12.2 Å². The van der Waals surface area contributed by atoms with Gasteiger partial charge in [0.1, 0.15) is 0 Å². The SMILES string of the molecule is C=C(C)C1CCCN1.CC.CC. The van der Waals surface area contributed by atoms with E-state index in [1.807, 2.05) is 27.7 Å². The second-order valence-corrected chi connectivity index (χ2v) is 2.50. The highest BCUT2D eigenvalue weighted by atomic mass is 14.9. The van der Waals surface area contributed by atoms with Crippen molar-refractivity contribution in [1.29, 1.82) is 0 Å². The zero-order valence-electron chi connectivity index (χ0n) is 9.41. The topological polar surface area (TPSA) is 12.0 Å². The standard InChI is InChI=1S/C7H13N.2C2H6/c1-6(2)7-4-3-5-8-7;2*1-2/h7-8H,1,3-5H2,2H3;2*1-2H3. The molecule has 1 rings (SSSR count). The molecule has 0 amide bonds. The number of nitrogens with one attached hydrogen (secondary N) is 1. The van der Waals surface area contributed by atoms with Crippen LogP contribution in [0, 0.1) is 0 Å². The fourth-order valence-electron chi connectivity index (χ4n) is 1.11. The summed E-state index contributed by atoms with van der Waals surface area (Å²) in [5, 5.41) is 3.36. The van der Waals surface area contributed by atoms with Crippen LogP contribution in [0.3, 0.4) is 0 Å². The summed E-state index contributed by atoms with van der Waals surface area (Å²) in [7, 11) is 0. The van der Waals surface area contributed by atoms with Crippen molar-refractivity contribution >= 4 is 0 Å². The summed E-state index contributed by atoms with van der Waals surface area (Å²) < 4.78 is 0. The Balaban J connectivity index is 0. The van der Waals surface area contributed by atoms with Crippen LogP contribution in [-0.4, -0.2) is 12.6 Å². The molecule has 1 unspecified atom stereocenters. The number of hydrogen-bond acceptors (Lipinski definition) is 1. The molecule has 74 valence electrons. The Labute approximate surface area is 78.3 Å². The van der Waals surface area contributed by atoms with Gasteiger partial charge in [0.05, 0.1) is 0 Å². The fourth-order valence-corrected chi connectivity index (χ4v) is 1.11. The summed E-state index contributed by atoms with van der Waals surface area (Å²) in [5.74, 6) is 0. The van der Waals surface area contributed by atoms with E-state index in [1.165, 1.54) is 25.0 Å². The van der Waals surface area contributed by atoms with Crippen molar-refractivity contribution in [3.63, 3.8) is 0 Å². The number of hydrogen-bond donors (Lipinski definition) is 1. The molecule has 1 heteroatoms. The lowest BCUT2D eigenvalue weighted by Crippen LogP contribution is -2.21. The second-order valence-electron chi connectivity index (χ2n) is 2.50. The van der Waals surface area contributed by atoms with Gasteiger partial charge in [0, 0.05) is 6.04 Å². The van der Waals surface area contributed by atoms with Gasteiger partial charge in [-0.25, -0.2) is 0 Å². The van der Waals surface area contributed by atoms with Crippen LogP contribution in [0.15, 0.2) is 12.2 Å². The molecule has 1 N–H and O–H groups in total. The van der Waals surface area contributed by atoms with Gasteiger partial charge < -0.3 is 5.32 Å². The third-order valence-electron chi connectivity index (χ3n) is 1.66. The lowest BCUT2D eigenvalue weighted by molar-refractivity contribution is 0.692. The van der Waals surface area contributed by atoms with Crippen LogP contribution in [0.5, 0.6) is 0 Å². The Kier molecular flexibility index (Phi) is 12.7. The largest absolute Gasteiger partial charge is 0.310 e. The van der Waals surface area contributed by atoms with Crippen molar-refractivity contribution in [2.45, 2.75) is 53.5 Å². The average molecular weight is 171 g/mol. The molecule has 0 spiro atoms. The quantitative estimate of drug-likeness (QED) is 0.596. The number of rotatable bonds is 1. The first-order valence-electron chi connectivity index (χ1n) is 5.19. The third-order valence-corrected chi connectivity index (χ3v) is 1.66. The first-order chi connectivity index (χ1) is 5.80. The molecule has 0 aromatic rings. The van der Waals surface area contributed by atoms with Crippen molar-refractivity contribution < 1.29 is 0 Å². The van der Waals surface area contributed by atoms with Crippen molar-refractivity contribution in [2.24, 2.45) is 0 Å². The lowest BCUT2D eigenvalue weighted by Gasteiger charge is -2.06. The maximum absolute atomic E-state index is 3.87. The molecule has 1 atom stereocenters. The van der Waals surface area contributed by atoms with Gasteiger partial charge in [-0.2, -0.15) is 0 Å². The van der Waals surface area contributed by atoms with E-state index >= 15 is 0 Å². The van der Waals surface area contributed by atoms with Crippen LogP contribution in [0.2, 0.25) is 0 Å². The molecule has 0 radical (unpaired) electrons. The summed E-state index contributed by atoms with van der Waals surface area (Å²) in [6, 6.07) is 0.620. The van der Waals surface area contributed by atoms with Crippen molar-refractivity contribution in [2.75, 3.05) is 6.54 Å². The van der Waals surface area contributed by atoms with E-state index in [4.69, 9.17) is 0 Å². The Morgan fingerprint density at radius 2 is 1.75 bits per heavy atom. The molecular weight excluding hydrogens is 146 g/mol. The molecule has 0 aliphatic carbocycles. The van der Waals surface area contributed by atoms with Crippen molar-refractivity contribution in [1.82, 2.24) is 5.32 Å². The summed E-state index contributed by atoms with van der Waals surface area (Å²) >= 11 is 0. The molecule has 0 bridgehead atoms. The first kappa shape index (κ1) is 14.2. The monoisotopic (exact) mass is 171 g/mol. The smallest absolute Gasteiger partial charge is 0.0274 e. The van der Waals surface area contributed by atoms with Crippen LogP contribution in [0.4, 0.5) is 0 Å². The molecular formula is C11H25N. The van der Waals surface area contributed by atoms with E-state index < -0.39 is 0 Å². The summed E-state index contributed by atoms with van der Waals surface area (Å²) in [6.07, 6.45) is 2.60. The molecule has 1 aliphatic heterocycles. The van der Waals surface area contributed by atoms with E-state index in [0.717, 1.165) is 0 Å². The molecule has 1 aliphatic rings. The van der Waals surface area contributed by atoms with Crippen LogP contribution in [0.25, 0.3) is 0 Å². The molecule has 1 saturated heterocycles. The second kappa shape index (κ2) is 10.7. The predicted octanol–water partition coefficient (Wildman–Crippen LogP) is 3.37. The van der Waals surface area contributed by atoms with Crippen LogP contribution in [0.1, 0.15) is 47.5 Å². The van der Waals surface area contributed by atoms with Gasteiger partial charge >= 0.3 is 0 Å². The lowest BCUT2D eigenvalue weighted by atomic mass is 10.1. The Hall–Kier alpha value is -0.300. The van der Waals surface area contributed by atoms with Gasteiger partial charge in [0.25, 0.3) is 0 Å². The van der Waals surface area contributed by atoms with E-state index in [0.29, 0.717) is 6.04 Å². The molecule has 1 nitrogen and oxygen atoms in total. The van der Waals surface area contributed by atoms with E-state index in [2.05, 4.69) is 18.8 Å². The normalized spacial score (nSPS) is 19.9. The molecule has 0 aromatic heterocycles. The van der Waals surface area contributed by atoms with E-state index in [-0.39, 0.29) is 0 Å². The minimum Gasteiger partial charge on any atom is -0.310 e. The fraction of sp³-hybridized carbons (Fsp3) is 0.818. The summed E-state index contributed by atoms with van der Waals surface area (Å²) in [6.45, 7) is 15.1. The average Bonchev–Trinajstić information content (AvgIpc) is 2.64. The minimum absolute atomic E-state index is 0.620.